The number of rotatable bonds is 5. The van der Waals surface area contributed by atoms with Crippen LogP contribution < -0.4 is 4.72 Å². The van der Waals surface area contributed by atoms with Gasteiger partial charge in [-0.25, -0.2) is 18.1 Å². The lowest BCUT2D eigenvalue weighted by Crippen LogP contribution is -2.34. The maximum Gasteiger partial charge on any atom is 0.257 e. The van der Waals surface area contributed by atoms with E-state index in [1.54, 1.807) is 0 Å². The quantitative estimate of drug-likeness (QED) is 0.718. The number of nitrogens with one attached hydrogen (secondary N) is 2. The highest BCUT2D eigenvalue weighted by Gasteiger charge is 2.20. The number of hydrogen-bond acceptors (Lipinski definition) is 4. The van der Waals surface area contributed by atoms with Gasteiger partial charge < -0.3 is 10.1 Å². The van der Waals surface area contributed by atoms with Crippen LogP contribution in [0.5, 0.6) is 0 Å². The van der Waals surface area contributed by atoms with E-state index in [1.807, 2.05) is 20.8 Å². The molecule has 0 saturated heterocycles. The minimum Gasteiger partial charge on any atom is -0.392 e. The highest BCUT2D eigenvalue weighted by Crippen LogP contribution is 2.20. The van der Waals surface area contributed by atoms with Gasteiger partial charge in [0.05, 0.1) is 18.6 Å². The third-order valence-electron chi connectivity index (χ3n) is 2.12. The molecule has 0 amide bonds. The summed E-state index contributed by atoms with van der Waals surface area (Å²) in [7, 11) is -3.60. The molecule has 1 rings (SSSR count). The molecule has 98 valence electrons. The Balaban J connectivity index is 2.51. The van der Waals surface area contributed by atoms with Crippen molar-refractivity contribution in [2.24, 2.45) is 5.41 Å². The molecule has 17 heavy (non-hydrogen) atoms. The van der Waals surface area contributed by atoms with Gasteiger partial charge in [0.2, 0.25) is 0 Å². The van der Waals surface area contributed by atoms with Gasteiger partial charge in [0.15, 0.2) is 5.03 Å². The zero-order chi connectivity index (χ0) is 13.1. The third-order valence-corrected chi connectivity index (χ3v) is 3.47. The maximum absolute atomic E-state index is 11.7. The van der Waals surface area contributed by atoms with Crippen molar-refractivity contribution in [1.29, 1.82) is 0 Å². The normalized spacial score (nSPS) is 14.8. The van der Waals surface area contributed by atoms with E-state index in [1.165, 1.54) is 12.5 Å². The predicted molar refractivity (Wildman–Crippen MR) is 63.9 cm³/mol. The molecule has 0 bridgehead atoms. The highest BCUT2D eigenvalue weighted by atomic mass is 32.2. The van der Waals surface area contributed by atoms with Crippen molar-refractivity contribution in [3.63, 3.8) is 0 Å². The SMILES string of the molecule is CC(C)(C)CC(O)CNS(=O)(=O)c1cnc[nH]1. The van der Waals surface area contributed by atoms with Crippen molar-refractivity contribution < 1.29 is 13.5 Å². The number of aliphatic hydroxyl groups excluding tert-OH is 1. The predicted octanol–water partition coefficient (Wildman–Crippen LogP) is 0.485. The largest absolute Gasteiger partial charge is 0.392 e. The number of nitrogens with zero attached hydrogens (tertiary/aromatic N) is 1. The molecule has 1 aromatic heterocycles. The van der Waals surface area contributed by atoms with E-state index in [0.717, 1.165) is 0 Å². The van der Waals surface area contributed by atoms with Gasteiger partial charge in [-0.05, 0) is 11.8 Å². The molecule has 0 aromatic carbocycles. The van der Waals surface area contributed by atoms with Crippen LogP contribution in [0.3, 0.4) is 0 Å². The van der Waals surface area contributed by atoms with Crippen molar-refractivity contribution in [1.82, 2.24) is 14.7 Å². The van der Waals surface area contributed by atoms with Gasteiger partial charge in [-0.2, -0.15) is 0 Å². The summed E-state index contributed by atoms with van der Waals surface area (Å²) in [5, 5.41) is 9.69. The molecule has 7 heteroatoms. The Hall–Kier alpha value is -0.920. The van der Waals surface area contributed by atoms with Gasteiger partial charge in [-0.15, -0.1) is 0 Å². The Labute approximate surface area is 102 Å². The molecule has 0 fully saturated rings. The van der Waals surface area contributed by atoms with Crippen LogP contribution in [0, 0.1) is 5.41 Å². The van der Waals surface area contributed by atoms with E-state index in [4.69, 9.17) is 0 Å². The molecule has 0 aliphatic heterocycles. The van der Waals surface area contributed by atoms with Crippen LogP contribution in [0.25, 0.3) is 0 Å². The third kappa shape index (κ3) is 4.84. The molecule has 1 aromatic rings. The zero-order valence-electron chi connectivity index (χ0n) is 10.3. The molecular weight excluding hydrogens is 242 g/mol. The Morgan fingerprint density at radius 3 is 2.65 bits per heavy atom. The molecule has 1 heterocycles. The minimum absolute atomic E-state index is 0.000425. The van der Waals surface area contributed by atoms with Gasteiger partial charge >= 0.3 is 0 Å². The summed E-state index contributed by atoms with van der Waals surface area (Å²) in [6, 6.07) is 0. The molecule has 1 unspecified atom stereocenters. The van der Waals surface area contributed by atoms with Crippen LogP contribution in [-0.2, 0) is 10.0 Å². The van der Waals surface area contributed by atoms with Crippen LogP contribution in [0.4, 0.5) is 0 Å². The van der Waals surface area contributed by atoms with E-state index in [-0.39, 0.29) is 17.0 Å². The highest BCUT2D eigenvalue weighted by molar-refractivity contribution is 7.89. The fourth-order valence-corrected chi connectivity index (χ4v) is 2.43. The minimum atomic E-state index is -3.60. The summed E-state index contributed by atoms with van der Waals surface area (Å²) >= 11 is 0. The fourth-order valence-electron chi connectivity index (χ4n) is 1.45. The average molecular weight is 261 g/mol. The zero-order valence-corrected chi connectivity index (χ0v) is 11.1. The van der Waals surface area contributed by atoms with Gasteiger partial charge in [0.1, 0.15) is 0 Å². The molecule has 3 N–H and O–H groups in total. The second kappa shape index (κ2) is 5.16. The van der Waals surface area contributed by atoms with E-state index >= 15 is 0 Å². The van der Waals surface area contributed by atoms with E-state index in [2.05, 4.69) is 14.7 Å². The van der Waals surface area contributed by atoms with Crippen molar-refractivity contribution in [2.45, 2.75) is 38.3 Å². The van der Waals surface area contributed by atoms with Crippen LogP contribution in [0.15, 0.2) is 17.6 Å². The van der Waals surface area contributed by atoms with Crippen LogP contribution in [0.1, 0.15) is 27.2 Å². The molecule has 0 spiro atoms. The lowest BCUT2D eigenvalue weighted by atomic mass is 9.89. The Bertz CT molecular complexity index is 434. The molecule has 0 saturated carbocycles. The van der Waals surface area contributed by atoms with Crippen molar-refractivity contribution in [3.8, 4) is 0 Å². The lowest BCUT2D eigenvalue weighted by Gasteiger charge is -2.22. The molecule has 0 aliphatic rings. The second-order valence-electron chi connectivity index (χ2n) is 5.19. The molecule has 0 aliphatic carbocycles. The van der Waals surface area contributed by atoms with Gasteiger partial charge in [-0.1, -0.05) is 20.8 Å². The van der Waals surface area contributed by atoms with Gasteiger partial charge in [0.25, 0.3) is 10.0 Å². The monoisotopic (exact) mass is 261 g/mol. The first-order chi connectivity index (χ1) is 7.71. The Morgan fingerprint density at radius 1 is 1.53 bits per heavy atom. The smallest absolute Gasteiger partial charge is 0.257 e. The summed E-state index contributed by atoms with van der Waals surface area (Å²) in [5.74, 6) is 0. The Morgan fingerprint density at radius 2 is 2.18 bits per heavy atom. The summed E-state index contributed by atoms with van der Waals surface area (Å²) in [4.78, 5) is 6.14. The van der Waals surface area contributed by atoms with Crippen LogP contribution in [-0.4, -0.2) is 36.1 Å². The Kier molecular flexibility index (Phi) is 4.29. The number of hydrogen-bond donors (Lipinski definition) is 3. The molecule has 0 radical (unpaired) electrons. The van der Waals surface area contributed by atoms with Crippen LogP contribution >= 0.6 is 0 Å². The number of imidazole rings is 1. The molecule has 6 nitrogen and oxygen atoms in total. The van der Waals surface area contributed by atoms with Crippen LogP contribution in [0.2, 0.25) is 0 Å². The van der Waals surface area contributed by atoms with E-state index < -0.39 is 16.1 Å². The first-order valence-electron chi connectivity index (χ1n) is 5.37. The molecular formula is C10H19N3O3S. The second-order valence-corrected chi connectivity index (χ2v) is 6.92. The number of aromatic amines is 1. The van der Waals surface area contributed by atoms with Crippen molar-refractivity contribution in [2.75, 3.05) is 6.54 Å². The summed E-state index contributed by atoms with van der Waals surface area (Å²) < 4.78 is 25.7. The number of H-pyrrole nitrogens is 1. The summed E-state index contributed by atoms with van der Waals surface area (Å²) in [5.41, 5.74) is -0.0428. The van der Waals surface area contributed by atoms with Crippen molar-refractivity contribution in [3.05, 3.63) is 12.5 Å². The lowest BCUT2D eigenvalue weighted by molar-refractivity contribution is 0.125. The van der Waals surface area contributed by atoms with E-state index in [9.17, 15) is 13.5 Å². The van der Waals surface area contributed by atoms with Gasteiger partial charge in [0, 0.05) is 6.54 Å². The first kappa shape index (κ1) is 14.1. The van der Waals surface area contributed by atoms with E-state index in [0.29, 0.717) is 6.42 Å². The number of sulfonamides is 1. The summed E-state index contributed by atoms with van der Waals surface area (Å²) in [6.45, 7) is 5.96. The van der Waals surface area contributed by atoms with Crippen molar-refractivity contribution >= 4 is 10.0 Å². The average Bonchev–Trinajstić information content (AvgIpc) is 2.65. The molecule has 1 atom stereocenters. The standard InChI is InChI=1S/C10H19N3O3S/c1-10(2,3)4-8(14)5-13-17(15,16)9-6-11-7-12-9/h6-8,13-14H,4-5H2,1-3H3,(H,11,12). The fraction of sp³-hybridized carbons (Fsp3) is 0.700. The maximum atomic E-state index is 11.7. The summed E-state index contributed by atoms with van der Waals surface area (Å²) in [6.07, 6.45) is 2.34. The first-order valence-corrected chi connectivity index (χ1v) is 6.85. The van der Waals surface area contributed by atoms with Gasteiger partial charge in [-0.3, -0.25) is 0 Å². The number of aromatic nitrogens is 2. The number of aliphatic hydroxyl groups is 1. The topological polar surface area (TPSA) is 95.1 Å².